The van der Waals surface area contributed by atoms with E-state index in [1.165, 1.54) is 19.1 Å². The lowest BCUT2D eigenvalue weighted by molar-refractivity contribution is -0.137. The van der Waals surface area contributed by atoms with E-state index in [4.69, 9.17) is 28.7 Å². The van der Waals surface area contributed by atoms with Crippen LogP contribution in [0, 0.1) is 18.2 Å². The molecule has 4 saturated heterocycles. The Morgan fingerprint density at radius 2 is 1.57 bits per heavy atom. The Morgan fingerprint density at radius 1 is 0.903 bits per heavy atom. The first-order chi connectivity index (χ1) is 34.2. The lowest BCUT2D eigenvalue weighted by atomic mass is 9.89. The largest absolute Gasteiger partial charge is 0.497 e. The summed E-state index contributed by atoms with van der Waals surface area (Å²) in [6, 6.07) is 15.8. The van der Waals surface area contributed by atoms with Crippen LogP contribution in [-0.2, 0) is 24.0 Å². The first-order valence-electron chi connectivity index (χ1n) is 24.5. The van der Waals surface area contributed by atoms with Crippen molar-refractivity contribution in [3.8, 4) is 34.6 Å². The number of ether oxygens (including phenoxy) is 5. The molecule has 0 radical (unpaired) electrons. The Morgan fingerprint density at radius 3 is 2.18 bits per heavy atom. The minimum absolute atomic E-state index is 0.0383. The van der Waals surface area contributed by atoms with Gasteiger partial charge in [0, 0.05) is 43.9 Å². The third-order valence-electron chi connectivity index (χ3n) is 15.7. The monoisotopic (exact) mass is 1000 g/mol. The van der Waals surface area contributed by atoms with Gasteiger partial charge in [-0.2, -0.15) is 23.1 Å². The van der Waals surface area contributed by atoms with Crippen molar-refractivity contribution in [2.75, 3.05) is 56.9 Å². The van der Waals surface area contributed by atoms with Crippen molar-refractivity contribution in [1.82, 2.24) is 24.8 Å². The van der Waals surface area contributed by atoms with Crippen LogP contribution in [0.25, 0.3) is 22.2 Å². The lowest BCUT2D eigenvalue weighted by Gasteiger charge is -2.46. The number of aromatic nitrogens is 3. The number of pyridine rings is 1. The van der Waals surface area contributed by atoms with E-state index < -0.39 is 69.5 Å². The van der Waals surface area contributed by atoms with Crippen LogP contribution < -0.4 is 28.7 Å². The fourth-order valence-electron chi connectivity index (χ4n) is 12.2. The Bertz CT molecular complexity index is 2890. The summed E-state index contributed by atoms with van der Waals surface area (Å²) >= 11 is 0. The standard InChI is InChI=1S/C53H57F6N7O6/c1-30-20-34(63(22-31-8-13-35(68-5)14-9-31)23-32-10-15-36(69-6)16-11-32)21-37(41(30)53(57,58)59)43-42(54)44-40-45(62-47(61-44)71-29-51-18-7-19-64(51)28-50(26-51)27-52(50,55)56)65-24-33-12-17-38(39(65)25-70-46(40)60-43)66(33)48(67)72-49(2,3)4/h8-11,13-16,20-21,33,38-39H,7,12,17-19,22-29H2,1-6H3/t33-,38+,39-,50?,51+/m1/s1. The number of rotatable bonds is 11. The van der Waals surface area contributed by atoms with E-state index >= 15 is 17.6 Å². The Kier molecular flexibility index (Phi) is 11.5. The topological polar surface area (TPSA) is 115 Å². The highest BCUT2D eigenvalue weighted by molar-refractivity contribution is 5.98. The maximum atomic E-state index is 18.1. The van der Waals surface area contributed by atoms with Crippen LogP contribution in [0.1, 0.15) is 81.5 Å². The number of carbonyl (C=O) groups is 1. The first-order valence-corrected chi connectivity index (χ1v) is 24.5. The Labute approximate surface area is 413 Å². The van der Waals surface area contributed by atoms with Gasteiger partial charge in [0.2, 0.25) is 5.88 Å². The molecular formula is C53H57F6N7O6. The molecule has 2 bridgehead atoms. The molecule has 2 aromatic heterocycles. The van der Waals surface area contributed by atoms with Gasteiger partial charge in [-0.1, -0.05) is 24.3 Å². The SMILES string of the molecule is COc1ccc(CN(Cc2ccc(OC)cc2)c2cc(C)c(C(F)(F)F)c(-c3nc4c5c(nc(OC[C@@]67CCCN6CC6(CC6(F)F)C7)nc5c3F)N3C[C@H]5CC[C@@H]([C@H]3CO4)N5C(=O)OC(C)(C)C)c2)cc1. The van der Waals surface area contributed by atoms with E-state index in [-0.39, 0.29) is 92.5 Å². The van der Waals surface area contributed by atoms with Crippen molar-refractivity contribution in [3.63, 3.8) is 0 Å². The number of nitrogens with zero attached hydrogens (tertiary/aromatic N) is 7. The molecule has 19 heteroatoms. The van der Waals surface area contributed by atoms with Crippen LogP contribution >= 0.6 is 0 Å². The van der Waals surface area contributed by atoms with Gasteiger partial charge in [0.15, 0.2) is 5.82 Å². The summed E-state index contributed by atoms with van der Waals surface area (Å²) in [5.74, 6) is -2.67. The zero-order chi connectivity index (χ0) is 50.7. The maximum absolute atomic E-state index is 18.1. The van der Waals surface area contributed by atoms with Gasteiger partial charge in [0.05, 0.1) is 48.9 Å². The smallest absolute Gasteiger partial charge is 0.417 e. The molecular weight excluding hydrogens is 945 g/mol. The van der Waals surface area contributed by atoms with Crippen molar-refractivity contribution in [2.45, 2.75) is 121 Å². The molecule has 72 heavy (non-hydrogen) atoms. The highest BCUT2D eigenvalue weighted by Crippen LogP contribution is 2.69. The van der Waals surface area contributed by atoms with Crippen LogP contribution in [0.2, 0.25) is 0 Å². The Balaban J connectivity index is 1.05. The van der Waals surface area contributed by atoms with Gasteiger partial charge in [-0.3, -0.25) is 9.80 Å². The summed E-state index contributed by atoms with van der Waals surface area (Å²) in [6.45, 7) is 8.16. The second-order valence-corrected chi connectivity index (χ2v) is 21.5. The zero-order valence-corrected chi connectivity index (χ0v) is 41.0. The van der Waals surface area contributed by atoms with E-state index in [9.17, 15) is 13.6 Å². The molecule has 1 unspecified atom stereocenters. The van der Waals surface area contributed by atoms with Crippen molar-refractivity contribution in [3.05, 3.63) is 88.7 Å². The molecule has 3 aromatic carbocycles. The van der Waals surface area contributed by atoms with Gasteiger partial charge in [0.25, 0.3) is 5.92 Å². The van der Waals surface area contributed by atoms with Crippen LogP contribution in [0.3, 0.4) is 0 Å². The quantitative estimate of drug-likeness (QED) is 0.117. The number of benzene rings is 3. The van der Waals surface area contributed by atoms with Crippen LogP contribution in [0.4, 0.5) is 42.6 Å². The number of piperazine rings is 1. The molecule has 0 N–H and O–H groups in total. The number of carbonyl (C=O) groups excluding carboxylic acids is 1. The molecule has 1 amide bonds. The number of amides is 1. The predicted molar refractivity (Wildman–Crippen MR) is 255 cm³/mol. The molecule has 11 rings (SSSR count). The number of alkyl halides is 5. The summed E-state index contributed by atoms with van der Waals surface area (Å²) in [5.41, 5.74) is -3.44. The molecule has 1 aliphatic carbocycles. The maximum Gasteiger partial charge on any atom is 0.417 e. The van der Waals surface area contributed by atoms with E-state index in [2.05, 4.69) is 14.9 Å². The van der Waals surface area contributed by atoms with Crippen LogP contribution in [-0.4, -0.2) is 113 Å². The van der Waals surface area contributed by atoms with Gasteiger partial charge in [-0.05, 0) is 119 Å². The normalized spacial score (nSPS) is 25.0. The van der Waals surface area contributed by atoms with Gasteiger partial charge >= 0.3 is 18.3 Å². The number of aryl methyl sites for hydroxylation is 1. The number of hydrogen-bond donors (Lipinski definition) is 0. The van der Waals surface area contributed by atoms with E-state index in [0.717, 1.165) is 17.5 Å². The summed E-state index contributed by atoms with van der Waals surface area (Å²) in [6.07, 6.45) is -2.82. The average Bonchev–Trinajstić information content (AvgIpc) is 3.57. The van der Waals surface area contributed by atoms with Crippen molar-refractivity contribution in [2.24, 2.45) is 5.41 Å². The third-order valence-corrected chi connectivity index (χ3v) is 15.7. The van der Waals surface area contributed by atoms with E-state index in [0.29, 0.717) is 43.0 Å². The summed E-state index contributed by atoms with van der Waals surface area (Å²) < 4.78 is 124. The first kappa shape index (κ1) is 48.1. The molecule has 13 nitrogen and oxygen atoms in total. The summed E-state index contributed by atoms with van der Waals surface area (Å²) in [7, 11) is 3.11. The van der Waals surface area contributed by atoms with Gasteiger partial charge < -0.3 is 33.5 Å². The molecule has 1 saturated carbocycles. The molecule has 1 spiro atoms. The molecule has 7 heterocycles. The fourth-order valence-corrected chi connectivity index (χ4v) is 12.2. The summed E-state index contributed by atoms with van der Waals surface area (Å²) in [5, 5.41) is 0.0383. The second-order valence-electron chi connectivity index (χ2n) is 21.5. The van der Waals surface area contributed by atoms with Crippen molar-refractivity contribution < 1.29 is 54.8 Å². The minimum atomic E-state index is -4.97. The van der Waals surface area contributed by atoms with Crippen LogP contribution in [0.15, 0.2) is 60.7 Å². The Hall–Kier alpha value is -6.24. The zero-order valence-electron chi connectivity index (χ0n) is 41.0. The molecule has 5 aromatic rings. The summed E-state index contributed by atoms with van der Waals surface area (Å²) in [4.78, 5) is 35.6. The van der Waals surface area contributed by atoms with Crippen molar-refractivity contribution in [1.29, 1.82) is 0 Å². The predicted octanol–water partition coefficient (Wildman–Crippen LogP) is 10.4. The van der Waals surface area contributed by atoms with Crippen molar-refractivity contribution >= 4 is 28.5 Å². The van der Waals surface area contributed by atoms with Gasteiger partial charge in [0.1, 0.15) is 52.7 Å². The average molecular weight is 1000 g/mol. The van der Waals surface area contributed by atoms with E-state index in [1.807, 2.05) is 34.1 Å². The van der Waals surface area contributed by atoms with E-state index in [1.54, 1.807) is 64.2 Å². The molecule has 5 atom stereocenters. The second kappa shape index (κ2) is 17.2. The lowest BCUT2D eigenvalue weighted by Crippen LogP contribution is -2.63. The highest BCUT2D eigenvalue weighted by atomic mass is 19.4. The minimum Gasteiger partial charge on any atom is -0.497 e. The number of methoxy groups -OCH3 is 2. The van der Waals surface area contributed by atoms with Gasteiger partial charge in [-0.15, -0.1) is 0 Å². The fraction of sp³-hybridized carbons (Fsp3) is 0.509. The third kappa shape index (κ3) is 8.32. The number of anilines is 2. The molecule has 5 fully saturated rings. The highest BCUT2D eigenvalue weighted by Gasteiger charge is 2.77. The molecule has 382 valence electrons. The van der Waals surface area contributed by atoms with Gasteiger partial charge in [-0.25, -0.2) is 22.9 Å². The van der Waals surface area contributed by atoms with Crippen LogP contribution in [0.5, 0.6) is 23.4 Å². The number of halogens is 6. The molecule has 6 aliphatic rings. The number of hydrogen-bond acceptors (Lipinski definition) is 12. The molecule has 5 aliphatic heterocycles. The number of fused-ring (bicyclic) bond motifs is 6.